The second kappa shape index (κ2) is 6.78. The molecular weight excluding hydrogens is 236 g/mol. The summed E-state index contributed by atoms with van der Waals surface area (Å²) >= 11 is 0. The molecule has 2 rings (SSSR count). The van der Waals surface area contributed by atoms with Crippen LogP contribution >= 0.6 is 0 Å². The predicted molar refractivity (Wildman–Crippen MR) is 79.7 cm³/mol. The molecule has 3 nitrogen and oxygen atoms in total. The van der Waals surface area contributed by atoms with Gasteiger partial charge in [-0.15, -0.1) is 0 Å². The Kier molecular flexibility index (Phi) is 5.06. The van der Waals surface area contributed by atoms with Crippen LogP contribution in [-0.2, 0) is 0 Å². The van der Waals surface area contributed by atoms with E-state index in [1.54, 1.807) is 6.20 Å². The summed E-state index contributed by atoms with van der Waals surface area (Å²) < 4.78 is 5.77. The molecule has 1 saturated carbocycles. The summed E-state index contributed by atoms with van der Waals surface area (Å²) in [6.45, 7) is 6.36. The normalized spacial score (nSPS) is 23.4. The lowest BCUT2D eigenvalue weighted by Crippen LogP contribution is -2.27. The summed E-state index contributed by atoms with van der Waals surface area (Å²) in [6, 6.07) is 4.60. The van der Waals surface area contributed by atoms with Crippen LogP contribution in [0.4, 0.5) is 5.69 Å². The van der Waals surface area contributed by atoms with Gasteiger partial charge in [-0.25, -0.2) is 4.98 Å². The average molecular weight is 262 g/mol. The fourth-order valence-corrected chi connectivity index (χ4v) is 2.83. The van der Waals surface area contributed by atoms with Crippen molar-refractivity contribution in [1.29, 1.82) is 0 Å². The molecule has 0 amide bonds. The quantitative estimate of drug-likeness (QED) is 0.861. The minimum Gasteiger partial charge on any atom is -0.473 e. The van der Waals surface area contributed by atoms with Crippen LogP contribution in [0.15, 0.2) is 18.3 Å². The monoisotopic (exact) mass is 262 g/mol. The zero-order chi connectivity index (χ0) is 13.7. The van der Waals surface area contributed by atoms with Gasteiger partial charge in [0.15, 0.2) is 0 Å². The highest BCUT2D eigenvalue weighted by Crippen LogP contribution is 2.31. The van der Waals surface area contributed by atoms with Crippen molar-refractivity contribution >= 4 is 5.69 Å². The molecule has 1 aromatic rings. The van der Waals surface area contributed by atoms with E-state index in [4.69, 9.17) is 4.74 Å². The van der Waals surface area contributed by atoms with E-state index in [1.807, 2.05) is 19.9 Å². The molecule has 1 heterocycles. The Bertz CT molecular complexity index is 392. The SMILES string of the molecule is CCC1CCCC(Nc2cccnc2OC(C)C)C1. The van der Waals surface area contributed by atoms with E-state index in [9.17, 15) is 0 Å². The van der Waals surface area contributed by atoms with E-state index in [1.165, 1.54) is 32.1 Å². The molecule has 3 heteroatoms. The highest BCUT2D eigenvalue weighted by Gasteiger charge is 2.21. The van der Waals surface area contributed by atoms with Gasteiger partial charge in [-0.3, -0.25) is 0 Å². The summed E-state index contributed by atoms with van der Waals surface area (Å²) in [5, 5.41) is 3.63. The fraction of sp³-hybridized carbons (Fsp3) is 0.688. The van der Waals surface area contributed by atoms with Crippen molar-refractivity contribution in [1.82, 2.24) is 4.98 Å². The minimum absolute atomic E-state index is 0.158. The Hall–Kier alpha value is -1.25. The van der Waals surface area contributed by atoms with Gasteiger partial charge in [0.2, 0.25) is 5.88 Å². The molecule has 1 N–H and O–H groups in total. The van der Waals surface area contributed by atoms with Gasteiger partial charge in [-0.2, -0.15) is 0 Å². The maximum absolute atomic E-state index is 5.77. The Morgan fingerprint density at radius 1 is 1.42 bits per heavy atom. The van der Waals surface area contributed by atoms with Crippen molar-refractivity contribution in [3.8, 4) is 5.88 Å². The van der Waals surface area contributed by atoms with Crippen LogP contribution in [0.2, 0.25) is 0 Å². The maximum atomic E-state index is 5.77. The van der Waals surface area contributed by atoms with E-state index in [-0.39, 0.29) is 6.10 Å². The third-order valence-corrected chi connectivity index (χ3v) is 3.84. The summed E-state index contributed by atoms with van der Waals surface area (Å²) in [6.07, 6.45) is 8.48. The van der Waals surface area contributed by atoms with Crippen LogP contribution in [0.3, 0.4) is 0 Å². The van der Waals surface area contributed by atoms with Crippen molar-refractivity contribution in [3.63, 3.8) is 0 Å². The summed E-state index contributed by atoms with van der Waals surface area (Å²) in [5.74, 6) is 1.61. The van der Waals surface area contributed by atoms with E-state index >= 15 is 0 Å². The van der Waals surface area contributed by atoms with Crippen LogP contribution in [0, 0.1) is 5.92 Å². The van der Waals surface area contributed by atoms with Gasteiger partial charge in [0, 0.05) is 12.2 Å². The number of aromatic nitrogens is 1. The van der Waals surface area contributed by atoms with Gasteiger partial charge in [0.25, 0.3) is 0 Å². The first-order valence-corrected chi connectivity index (χ1v) is 7.57. The predicted octanol–water partition coefficient (Wildman–Crippen LogP) is 4.25. The second-order valence-electron chi connectivity index (χ2n) is 5.80. The van der Waals surface area contributed by atoms with E-state index in [2.05, 4.69) is 23.3 Å². The first-order chi connectivity index (χ1) is 9.19. The van der Waals surface area contributed by atoms with Crippen molar-refractivity contribution < 1.29 is 4.74 Å². The van der Waals surface area contributed by atoms with E-state index in [0.717, 1.165) is 17.5 Å². The molecule has 0 aromatic carbocycles. The molecule has 2 unspecified atom stereocenters. The molecular formula is C16H26N2O. The first-order valence-electron chi connectivity index (χ1n) is 7.57. The molecule has 2 atom stereocenters. The van der Waals surface area contributed by atoms with Crippen LogP contribution in [-0.4, -0.2) is 17.1 Å². The Morgan fingerprint density at radius 3 is 3.00 bits per heavy atom. The van der Waals surface area contributed by atoms with Gasteiger partial charge >= 0.3 is 0 Å². The van der Waals surface area contributed by atoms with Crippen LogP contribution in [0.5, 0.6) is 5.88 Å². The first kappa shape index (κ1) is 14.2. The van der Waals surface area contributed by atoms with Gasteiger partial charge in [-0.05, 0) is 44.7 Å². The highest BCUT2D eigenvalue weighted by molar-refractivity contribution is 5.52. The molecule has 0 spiro atoms. The lowest BCUT2D eigenvalue weighted by atomic mass is 9.84. The minimum atomic E-state index is 0.158. The number of hydrogen-bond donors (Lipinski definition) is 1. The Labute approximate surface area is 116 Å². The molecule has 106 valence electrons. The Morgan fingerprint density at radius 2 is 2.26 bits per heavy atom. The van der Waals surface area contributed by atoms with Crippen LogP contribution in [0.25, 0.3) is 0 Å². The highest BCUT2D eigenvalue weighted by atomic mass is 16.5. The largest absolute Gasteiger partial charge is 0.473 e. The van der Waals surface area contributed by atoms with Gasteiger partial charge < -0.3 is 10.1 Å². The molecule has 1 aromatic heterocycles. The second-order valence-corrected chi connectivity index (χ2v) is 5.80. The van der Waals surface area contributed by atoms with E-state index < -0.39 is 0 Å². The molecule has 1 aliphatic carbocycles. The van der Waals surface area contributed by atoms with Crippen molar-refractivity contribution in [2.45, 2.75) is 65.0 Å². The number of ether oxygens (including phenoxy) is 1. The standard InChI is InChI=1S/C16H26N2O/c1-4-13-7-5-8-14(11-13)18-15-9-6-10-17-16(15)19-12(2)3/h6,9-10,12-14,18H,4-5,7-8,11H2,1-3H3. The zero-order valence-electron chi connectivity index (χ0n) is 12.4. The lowest BCUT2D eigenvalue weighted by molar-refractivity contribution is 0.233. The molecule has 0 radical (unpaired) electrons. The van der Waals surface area contributed by atoms with Crippen molar-refractivity contribution in [3.05, 3.63) is 18.3 Å². The molecule has 19 heavy (non-hydrogen) atoms. The third-order valence-electron chi connectivity index (χ3n) is 3.84. The smallest absolute Gasteiger partial charge is 0.237 e. The van der Waals surface area contributed by atoms with Crippen molar-refractivity contribution in [2.24, 2.45) is 5.92 Å². The molecule has 1 fully saturated rings. The summed E-state index contributed by atoms with van der Waals surface area (Å²) in [4.78, 5) is 4.34. The molecule has 0 bridgehead atoms. The Balaban J connectivity index is 2.01. The fourth-order valence-electron chi connectivity index (χ4n) is 2.83. The number of hydrogen-bond acceptors (Lipinski definition) is 3. The third kappa shape index (κ3) is 4.12. The number of rotatable bonds is 5. The van der Waals surface area contributed by atoms with Crippen molar-refractivity contribution in [2.75, 3.05) is 5.32 Å². The van der Waals surface area contributed by atoms with Gasteiger partial charge in [0.05, 0.1) is 11.8 Å². The molecule has 0 aliphatic heterocycles. The molecule has 1 aliphatic rings. The number of nitrogens with one attached hydrogen (secondary N) is 1. The van der Waals surface area contributed by atoms with E-state index in [0.29, 0.717) is 6.04 Å². The lowest BCUT2D eigenvalue weighted by Gasteiger charge is -2.30. The van der Waals surface area contributed by atoms with Gasteiger partial charge in [0.1, 0.15) is 0 Å². The zero-order valence-corrected chi connectivity index (χ0v) is 12.4. The topological polar surface area (TPSA) is 34.2 Å². The number of anilines is 1. The number of pyridine rings is 1. The summed E-state index contributed by atoms with van der Waals surface area (Å²) in [5.41, 5.74) is 1.04. The molecule has 0 saturated heterocycles. The maximum Gasteiger partial charge on any atom is 0.237 e. The number of nitrogens with zero attached hydrogens (tertiary/aromatic N) is 1. The van der Waals surface area contributed by atoms with Gasteiger partial charge in [-0.1, -0.05) is 26.2 Å². The van der Waals surface area contributed by atoms with Crippen LogP contribution in [0.1, 0.15) is 52.9 Å². The summed E-state index contributed by atoms with van der Waals surface area (Å²) in [7, 11) is 0. The average Bonchev–Trinajstić information content (AvgIpc) is 2.41. The van der Waals surface area contributed by atoms with Crippen LogP contribution < -0.4 is 10.1 Å².